The summed E-state index contributed by atoms with van der Waals surface area (Å²) in [5, 5.41) is 14.0. The summed E-state index contributed by atoms with van der Waals surface area (Å²) < 4.78 is 10.8. The molecule has 266 valence electrons. The first-order chi connectivity index (χ1) is 23.8. The maximum absolute atomic E-state index is 14.7. The molecule has 2 heterocycles. The zero-order valence-corrected chi connectivity index (χ0v) is 29.8. The molecule has 1 aliphatic carbocycles. The van der Waals surface area contributed by atoms with E-state index in [1.807, 2.05) is 58.0 Å². The van der Waals surface area contributed by atoms with Gasteiger partial charge < -0.3 is 35.9 Å². The van der Waals surface area contributed by atoms with E-state index < -0.39 is 41.4 Å². The van der Waals surface area contributed by atoms with E-state index in [4.69, 9.17) is 38.2 Å². The molecule has 50 heavy (non-hydrogen) atoms. The molecule has 0 fully saturated rings. The Morgan fingerprint density at radius 3 is 2.44 bits per heavy atom. The molecule has 2 unspecified atom stereocenters. The average Bonchev–Trinajstić information content (AvgIpc) is 3.74. The van der Waals surface area contributed by atoms with Crippen LogP contribution in [0.25, 0.3) is 10.9 Å². The van der Waals surface area contributed by atoms with Crippen molar-refractivity contribution in [3.63, 3.8) is 0 Å². The minimum atomic E-state index is -1.51. The van der Waals surface area contributed by atoms with E-state index >= 15 is 0 Å². The van der Waals surface area contributed by atoms with Gasteiger partial charge in [0.05, 0.1) is 10.5 Å². The van der Waals surface area contributed by atoms with Crippen molar-refractivity contribution in [3.05, 3.63) is 81.0 Å². The molecule has 13 nitrogen and oxygen atoms in total. The van der Waals surface area contributed by atoms with E-state index in [0.29, 0.717) is 34.8 Å². The van der Waals surface area contributed by atoms with Crippen molar-refractivity contribution < 1.29 is 28.4 Å². The number of rotatable bonds is 13. The molecule has 0 spiro atoms. The Labute approximate surface area is 299 Å². The van der Waals surface area contributed by atoms with Crippen molar-refractivity contribution in [1.29, 1.82) is 0 Å². The lowest BCUT2D eigenvalue weighted by Crippen LogP contribution is -2.65. The van der Waals surface area contributed by atoms with Crippen LogP contribution < -0.4 is 21.7 Å². The van der Waals surface area contributed by atoms with Crippen LogP contribution in [0.1, 0.15) is 86.3 Å². The van der Waals surface area contributed by atoms with Crippen LogP contribution in [-0.4, -0.2) is 50.5 Å². The quantitative estimate of drug-likeness (QED) is 0.118. The second-order valence-corrected chi connectivity index (χ2v) is 13.7. The topological polar surface area (TPSA) is 194 Å². The first-order valence-corrected chi connectivity index (χ1v) is 17.3. The van der Waals surface area contributed by atoms with E-state index in [0.717, 1.165) is 22.2 Å². The summed E-state index contributed by atoms with van der Waals surface area (Å²) in [7, 11) is 0. The minimum absolute atomic E-state index is 0.00504. The van der Waals surface area contributed by atoms with E-state index in [-0.39, 0.29) is 43.0 Å². The lowest BCUT2D eigenvalue weighted by molar-refractivity contribution is -0.136. The SMILES string of the molecule is CC[C@H](C)C(NC(=O)OCc1ccccc1)C(=O)N[C@@]1(C(=O)NC(c2nc(C(N)=O)no2)[C@@H](C)CC)CCc2[nH]c3c(Cl)cc(Cl)cc3c2C1. The number of aryl methyl sites for hydroxylation is 1. The number of aromatic nitrogens is 3. The highest BCUT2D eigenvalue weighted by molar-refractivity contribution is 6.38. The van der Waals surface area contributed by atoms with E-state index in [1.165, 1.54) is 0 Å². The number of primary amides is 1. The number of carbonyl (C=O) groups is 4. The number of carbonyl (C=O) groups excluding carboxylic acids is 4. The molecular weight excluding hydrogens is 685 g/mol. The third kappa shape index (κ3) is 7.89. The standard InChI is InChI=1S/C35H41Cl2N7O6/c1-5-18(3)26(41-34(48)49-17-20-10-8-7-9-11-20)31(46)43-35(13-12-25-23(16-35)22-14-21(36)15-24(37)28(22)39-25)33(47)40-27(19(4)6-2)32-42-30(29(38)45)44-50-32/h7-11,14-15,18-19,26-27,39H,5-6,12-13,16-17H2,1-4H3,(H2,38,45)(H,40,47)(H,41,48)(H,43,46)/t18-,19-,26?,27?,35-/m0/s1. The molecule has 0 bridgehead atoms. The van der Waals surface area contributed by atoms with E-state index in [9.17, 15) is 19.2 Å². The summed E-state index contributed by atoms with van der Waals surface area (Å²) in [6.45, 7) is 7.57. The highest BCUT2D eigenvalue weighted by atomic mass is 35.5. The first kappa shape index (κ1) is 36.7. The third-order valence-corrected chi connectivity index (χ3v) is 10.0. The lowest BCUT2D eigenvalue weighted by atomic mass is 9.78. The van der Waals surface area contributed by atoms with Gasteiger partial charge in [0.2, 0.25) is 17.7 Å². The Balaban J connectivity index is 1.49. The number of benzene rings is 2. The molecule has 4 amide bonds. The monoisotopic (exact) mass is 725 g/mol. The van der Waals surface area contributed by atoms with Gasteiger partial charge in [-0.05, 0) is 47.9 Å². The van der Waals surface area contributed by atoms with Gasteiger partial charge in [0.15, 0.2) is 0 Å². The number of H-pyrrole nitrogens is 1. The van der Waals surface area contributed by atoms with Crippen molar-refractivity contribution in [1.82, 2.24) is 31.1 Å². The second-order valence-electron chi connectivity index (χ2n) is 12.9. The molecule has 0 radical (unpaired) electrons. The van der Waals surface area contributed by atoms with Crippen molar-refractivity contribution in [2.24, 2.45) is 17.6 Å². The number of nitrogens with one attached hydrogen (secondary N) is 4. The number of hydrogen-bond donors (Lipinski definition) is 5. The van der Waals surface area contributed by atoms with Gasteiger partial charge >= 0.3 is 6.09 Å². The Bertz CT molecular complexity index is 1880. The highest BCUT2D eigenvalue weighted by Gasteiger charge is 2.47. The number of fused-ring (bicyclic) bond motifs is 3. The third-order valence-electron chi connectivity index (χ3n) is 9.51. The summed E-state index contributed by atoms with van der Waals surface area (Å²) in [6.07, 6.45) is 1.05. The van der Waals surface area contributed by atoms with Crippen LogP contribution >= 0.6 is 23.2 Å². The lowest BCUT2D eigenvalue weighted by Gasteiger charge is -2.39. The van der Waals surface area contributed by atoms with Crippen molar-refractivity contribution in [3.8, 4) is 0 Å². The summed E-state index contributed by atoms with van der Waals surface area (Å²) in [6, 6.07) is 10.7. The molecule has 0 saturated carbocycles. The van der Waals surface area contributed by atoms with Gasteiger partial charge in [-0.15, -0.1) is 0 Å². The number of nitrogens with zero attached hydrogens (tertiary/aromatic N) is 2. The fraction of sp³-hybridized carbons (Fsp3) is 0.429. The fourth-order valence-corrected chi connectivity index (χ4v) is 6.70. The Morgan fingerprint density at radius 1 is 1.06 bits per heavy atom. The molecule has 1 aliphatic rings. The summed E-state index contributed by atoms with van der Waals surface area (Å²) in [4.78, 5) is 61.2. The highest BCUT2D eigenvalue weighted by Crippen LogP contribution is 2.39. The summed E-state index contributed by atoms with van der Waals surface area (Å²) in [5.74, 6) is -2.79. The number of nitrogens with two attached hydrogens (primary N) is 1. The number of ether oxygens (including phenoxy) is 1. The predicted octanol–water partition coefficient (Wildman–Crippen LogP) is 5.55. The molecule has 4 aromatic rings. The second kappa shape index (κ2) is 15.5. The average molecular weight is 727 g/mol. The van der Waals surface area contributed by atoms with Gasteiger partial charge in [-0.1, -0.05) is 99.2 Å². The number of aromatic amines is 1. The van der Waals surface area contributed by atoms with Gasteiger partial charge in [0.1, 0.15) is 24.2 Å². The molecular formula is C35H41Cl2N7O6. The van der Waals surface area contributed by atoms with Crippen LogP contribution in [0.4, 0.5) is 4.79 Å². The van der Waals surface area contributed by atoms with Crippen LogP contribution in [-0.2, 0) is 33.8 Å². The number of halogens is 2. The molecule has 0 aliphatic heterocycles. The summed E-state index contributed by atoms with van der Waals surface area (Å²) >= 11 is 12.9. The zero-order valence-electron chi connectivity index (χ0n) is 28.3. The van der Waals surface area contributed by atoms with Crippen LogP contribution in [0.3, 0.4) is 0 Å². The molecule has 5 rings (SSSR count). The van der Waals surface area contributed by atoms with Crippen molar-refractivity contribution in [2.75, 3.05) is 0 Å². The van der Waals surface area contributed by atoms with Gasteiger partial charge in [-0.25, -0.2) is 4.79 Å². The van der Waals surface area contributed by atoms with Gasteiger partial charge in [-0.2, -0.15) is 4.98 Å². The van der Waals surface area contributed by atoms with Crippen molar-refractivity contribution in [2.45, 2.75) is 84.0 Å². The van der Waals surface area contributed by atoms with Gasteiger partial charge in [-0.3, -0.25) is 14.4 Å². The molecule has 0 saturated heterocycles. The Kier molecular flexibility index (Phi) is 11.4. The molecule has 2 aromatic carbocycles. The number of hydrogen-bond acceptors (Lipinski definition) is 8. The van der Waals surface area contributed by atoms with Crippen LogP contribution in [0.2, 0.25) is 10.0 Å². The first-order valence-electron chi connectivity index (χ1n) is 16.6. The predicted molar refractivity (Wildman–Crippen MR) is 187 cm³/mol. The van der Waals surface area contributed by atoms with Crippen LogP contribution in [0.5, 0.6) is 0 Å². The number of amides is 4. The normalized spacial score (nSPS) is 18.0. The van der Waals surface area contributed by atoms with Crippen molar-refractivity contribution >= 4 is 57.9 Å². The molecule has 5 atom stereocenters. The van der Waals surface area contributed by atoms with Gasteiger partial charge in [0, 0.05) is 22.5 Å². The minimum Gasteiger partial charge on any atom is -0.445 e. The molecule has 15 heteroatoms. The van der Waals surface area contributed by atoms with Crippen LogP contribution in [0, 0.1) is 11.8 Å². The smallest absolute Gasteiger partial charge is 0.408 e. The zero-order chi connectivity index (χ0) is 36.2. The van der Waals surface area contributed by atoms with E-state index in [1.54, 1.807) is 12.1 Å². The Morgan fingerprint density at radius 2 is 1.78 bits per heavy atom. The van der Waals surface area contributed by atoms with Crippen LogP contribution in [0.15, 0.2) is 47.0 Å². The maximum Gasteiger partial charge on any atom is 0.408 e. The molecule has 2 aromatic heterocycles. The fourth-order valence-electron chi connectivity index (χ4n) is 6.16. The van der Waals surface area contributed by atoms with E-state index in [2.05, 4.69) is 31.1 Å². The Hall–Kier alpha value is -4.62. The summed E-state index contributed by atoms with van der Waals surface area (Å²) in [5.41, 5.74) is 6.96. The largest absolute Gasteiger partial charge is 0.445 e. The maximum atomic E-state index is 14.7. The molecule has 6 N–H and O–H groups in total. The van der Waals surface area contributed by atoms with Gasteiger partial charge in [0.25, 0.3) is 11.7 Å². The number of alkyl carbamates (subject to hydrolysis) is 1.